The standard InChI is InChI=1S/C25H28N6O3/c1-25(2,26)24(33)27-20(17-34-16-19-11-7-4-8-12-19)21-28-29-22-23(32)30(13-14-31(21)22)15-18-9-5-3-6-10-18/h3-14,20H,15-17,26H2,1-2H3,(H,27,33)/t20-/m1/s1. The van der Waals surface area contributed by atoms with Crippen LogP contribution in [0.2, 0.25) is 0 Å². The minimum atomic E-state index is -1.10. The van der Waals surface area contributed by atoms with Gasteiger partial charge in [-0.3, -0.25) is 14.0 Å². The lowest BCUT2D eigenvalue weighted by molar-refractivity contribution is -0.126. The average molecular weight is 461 g/mol. The van der Waals surface area contributed by atoms with Crippen LogP contribution in [0, 0.1) is 0 Å². The van der Waals surface area contributed by atoms with Crippen LogP contribution < -0.4 is 16.6 Å². The third-order valence-corrected chi connectivity index (χ3v) is 5.36. The number of hydrogen-bond acceptors (Lipinski definition) is 6. The third-order valence-electron chi connectivity index (χ3n) is 5.36. The molecule has 176 valence electrons. The molecule has 0 aliphatic heterocycles. The van der Waals surface area contributed by atoms with Crippen LogP contribution in [0.25, 0.3) is 5.65 Å². The van der Waals surface area contributed by atoms with Gasteiger partial charge in [0.15, 0.2) is 5.82 Å². The van der Waals surface area contributed by atoms with Gasteiger partial charge in [-0.05, 0) is 25.0 Å². The molecule has 0 bridgehead atoms. The van der Waals surface area contributed by atoms with E-state index in [2.05, 4.69) is 15.5 Å². The van der Waals surface area contributed by atoms with Crippen molar-refractivity contribution in [3.05, 3.63) is 100 Å². The zero-order valence-electron chi connectivity index (χ0n) is 19.2. The Hall–Kier alpha value is -3.82. The first-order valence-electron chi connectivity index (χ1n) is 11.0. The molecule has 0 saturated carbocycles. The number of aromatic nitrogens is 4. The first kappa shape index (κ1) is 23.3. The first-order chi connectivity index (χ1) is 16.3. The van der Waals surface area contributed by atoms with Gasteiger partial charge in [-0.2, -0.15) is 0 Å². The van der Waals surface area contributed by atoms with Gasteiger partial charge in [-0.25, -0.2) is 0 Å². The number of fused-ring (bicyclic) bond motifs is 1. The van der Waals surface area contributed by atoms with E-state index >= 15 is 0 Å². The summed E-state index contributed by atoms with van der Waals surface area (Å²) < 4.78 is 9.04. The Bertz CT molecular complexity index is 1310. The summed E-state index contributed by atoms with van der Waals surface area (Å²) in [5, 5.41) is 11.2. The van der Waals surface area contributed by atoms with Crippen LogP contribution in [0.5, 0.6) is 0 Å². The highest BCUT2D eigenvalue weighted by atomic mass is 16.5. The molecule has 9 heteroatoms. The summed E-state index contributed by atoms with van der Waals surface area (Å²) in [6.07, 6.45) is 3.41. The van der Waals surface area contributed by atoms with Gasteiger partial charge in [0.2, 0.25) is 11.6 Å². The van der Waals surface area contributed by atoms with Crippen LogP contribution in [0.15, 0.2) is 77.9 Å². The number of rotatable bonds is 9. The maximum absolute atomic E-state index is 13.1. The van der Waals surface area contributed by atoms with Crippen LogP contribution in [0.4, 0.5) is 0 Å². The van der Waals surface area contributed by atoms with Crippen molar-refractivity contribution in [2.24, 2.45) is 5.73 Å². The van der Waals surface area contributed by atoms with Crippen molar-refractivity contribution < 1.29 is 9.53 Å². The van der Waals surface area contributed by atoms with Gasteiger partial charge in [0, 0.05) is 12.4 Å². The van der Waals surface area contributed by atoms with Crippen molar-refractivity contribution in [1.82, 2.24) is 24.5 Å². The lowest BCUT2D eigenvalue weighted by Gasteiger charge is -2.23. The molecule has 0 aliphatic rings. The highest BCUT2D eigenvalue weighted by molar-refractivity contribution is 5.85. The van der Waals surface area contributed by atoms with E-state index in [0.717, 1.165) is 11.1 Å². The number of ether oxygens (including phenoxy) is 1. The molecular weight excluding hydrogens is 432 g/mol. The summed E-state index contributed by atoms with van der Waals surface area (Å²) in [4.78, 5) is 25.7. The predicted octanol–water partition coefficient (Wildman–Crippen LogP) is 2.05. The summed E-state index contributed by atoms with van der Waals surface area (Å²) in [6.45, 7) is 4.15. The van der Waals surface area contributed by atoms with Gasteiger partial charge in [0.1, 0.15) is 6.04 Å². The van der Waals surface area contributed by atoms with Crippen LogP contribution in [0.3, 0.4) is 0 Å². The van der Waals surface area contributed by atoms with E-state index in [0.29, 0.717) is 19.0 Å². The van der Waals surface area contributed by atoms with Crippen molar-refractivity contribution in [1.29, 1.82) is 0 Å². The normalized spacial score (nSPS) is 12.6. The minimum absolute atomic E-state index is 0.130. The monoisotopic (exact) mass is 460 g/mol. The fourth-order valence-corrected chi connectivity index (χ4v) is 3.48. The smallest absolute Gasteiger partial charge is 0.296 e. The molecule has 0 saturated heterocycles. The fraction of sp³-hybridized carbons (Fsp3) is 0.280. The molecule has 1 amide bonds. The topological polar surface area (TPSA) is 117 Å². The van der Waals surface area contributed by atoms with Crippen molar-refractivity contribution >= 4 is 11.6 Å². The highest BCUT2D eigenvalue weighted by Crippen LogP contribution is 2.15. The van der Waals surface area contributed by atoms with Gasteiger partial charge < -0.3 is 20.4 Å². The number of amides is 1. The van der Waals surface area contributed by atoms with E-state index in [1.807, 2.05) is 60.7 Å². The molecule has 2 heterocycles. The van der Waals surface area contributed by atoms with Crippen molar-refractivity contribution in [2.45, 2.75) is 38.6 Å². The molecule has 34 heavy (non-hydrogen) atoms. The van der Waals surface area contributed by atoms with E-state index in [1.165, 1.54) is 0 Å². The quantitative estimate of drug-likeness (QED) is 0.395. The predicted molar refractivity (Wildman–Crippen MR) is 128 cm³/mol. The lowest BCUT2D eigenvalue weighted by atomic mass is 10.1. The Morgan fingerprint density at radius 3 is 2.32 bits per heavy atom. The SMILES string of the molecule is CC(C)(N)C(=O)N[C@H](COCc1ccccc1)c1nnc2c(=O)n(Cc3ccccc3)ccn12. The molecule has 0 fully saturated rings. The summed E-state index contributed by atoms with van der Waals surface area (Å²) in [6, 6.07) is 18.7. The Balaban J connectivity index is 1.60. The van der Waals surface area contributed by atoms with Crippen LogP contribution in [-0.4, -0.2) is 37.2 Å². The Morgan fingerprint density at radius 1 is 1.03 bits per heavy atom. The van der Waals surface area contributed by atoms with Crippen molar-refractivity contribution in [2.75, 3.05) is 6.61 Å². The van der Waals surface area contributed by atoms with E-state index in [4.69, 9.17) is 10.5 Å². The van der Waals surface area contributed by atoms with E-state index in [-0.39, 0.29) is 23.7 Å². The molecule has 9 nitrogen and oxygen atoms in total. The number of carbonyl (C=O) groups excluding carboxylic acids is 1. The molecule has 4 aromatic rings. The first-order valence-corrected chi connectivity index (χ1v) is 11.0. The summed E-state index contributed by atoms with van der Waals surface area (Å²) in [5.41, 5.74) is 6.78. The zero-order chi connectivity index (χ0) is 24.1. The molecule has 0 aliphatic carbocycles. The number of nitrogens with one attached hydrogen (secondary N) is 1. The Kier molecular flexibility index (Phi) is 6.85. The van der Waals surface area contributed by atoms with Crippen LogP contribution in [0.1, 0.15) is 36.8 Å². The van der Waals surface area contributed by atoms with Gasteiger partial charge in [-0.15, -0.1) is 10.2 Å². The molecular formula is C25H28N6O3. The highest BCUT2D eigenvalue weighted by Gasteiger charge is 2.28. The van der Waals surface area contributed by atoms with Crippen molar-refractivity contribution in [3.8, 4) is 0 Å². The molecule has 0 spiro atoms. The zero-order valence-corrected chi connectivity index (χ0v) is 19.2. The third kappa shape index (κ3) is 5.38. The Labute approximate surface area is 197 Å². The average Bonchev–Trinajstić information content (AvgIpc) is 3.26. The summed E-state index contributed by atoms with van der Waals surface area (Å²) >= 11 is 0. The van der Waals surface area contributed by atoms with E-state index < -0.39 is 11.6 Å². The molecule has 0 radical (unpaired) electrons. The maximum atomic E-state index is 13.1. The second-order valence-electron chi connectivity index (χ2n) is 8.72. The molecule has 1 atom stereocenters. The lowest BCUT2D eigenvalue weighted by Crippen LogP contribution is -2.51. The van der Waals surface area contributed by atoms with E-state index in [9.17, 15) is 9.59 Å². The molecule has 4 rings (SSSR count). The number of nitrogens with two attached hydrogens (primary N) is 1. The Morgan fingerprint density at radius 2 is 1.68 bits per heavy atom. The molecule has 0 unspecified atom stereocenters. The van der Waals surface area contributed by atoms with Crippen LogP contribution >= 0.6 is 0 Å². The van der Waals surface area contributed by atoms with Gasteiger partial charge in [0.25, 0.3) is 5.56 Å². The summed E-state index contributed by atoms with van der Waals surface area (Å²) in [5.74, 6) is 0.0274. The molecule has 2 aromatic heterocycles. The van der Waals surface area contributed by atoms with Crippen molar-refractivity contribution in [3.63, 3.8) is 0 Å². The second-order valence-corrected chi connectivity index (χ2v) is 8.72. The number of hydrogen-bond donors (Lipinski definition) is 2. The van der Waals surface area contributed by atoms with Gasteiger partial charge >= 0.3 is 0 Å². The van der Waals surface area contributed by atoms with E-state index in [1.54, 1.807) is 35.2 Å². The van der Waals surface area contributed by atoms with Crippen LogP contribution in [-0.2, 0) is 22.7 Å². The minimum Gasteiger partial charge on any atom is -0.374 e. The maximum Gasteiger partial charge on any atom is 0.296 e. The number of benzene rings is 2. The largest absolute Gasteiger partial charge is 0.374 e. The number of nitrogens with zero attached hydrogens (tertiary/aromatic N) is 4. The fourth-order valence-electron chi connectivity index (χ4n) is 3.48. The number of carbonyl (C=O) groups is 1. The molecule has 3 N–H and O–H groups in total. The van der Waals surface area contributed by atoms with Gasteiger partial charge in [0.05, 0.1) is 25.3 Å². The van der Waals surface area contributed by atoms with Gasteiger partial charge in [-0.1, -0.05) is 60.7 Å². The second kappa shape index (κ2) is 9.98. The summed E-state index contributed by atoms with van der Waals surface area (Å²) in [7, 11) is 0. The molecule has 2 aromatic carbocycles.